The highest BCUT2D eigenvalue weighted by Crippen LogP contribution is 2.31. The van der Waals surface area contributed by atoms with Gasteiger partial charge in [-0.05, 0) is 32.1 Å². The van der Waals surface area contributed by atoms with Crippen LogP contribution in [0.3, 0.4) is 0 Å². The van der Waals surface area contributed by atoms with Gasteiger partial charge in [-0.15, -0.1) is 0 Å². The number of aliphatic carboxylic acids is 1. The van der Waals surface area contributed by atoms with E-state index in [1.165, 1.54) is 0 Å². The molecule has 98 valence electrons. The van der Waals surface area contributed by atoms with Gasteiger partial charge in [-0.1, -0.05) is 13.8 Å². The molecule has 0 spiro atoms. The second kappa shape index (κ2) is 5.52. The molecular weight excluding hydrogens is 218 g/mol. The molecule has 0 unspecified atom stereocenters. The molecule has 4 nitrogen and oxygen atoms in total. The average Bonchev–Trinajstić information content (AvgIpc) is 2.26. The molecule has 0 atom stereocenters. The first kappa shape index (κ1) is 14.0. The van der Waals surface area contributed by atoms with Crippen LogP contribution in [-0.2, 0) is 9.59 Å². The van der Waals surface area contributed by atoms with E-state index in [1.54, 1.807) is 6.92 Å². The van der Waals surface area contributed by atoms with Crippen LogP contribution in [0.5, 0.6) is 0 Å². The van der Waals surface area contributed by atoms with Crippen molar-refractivity contribution in [1.82, 2.24) is 4.90 Å². The van der Waals surface area contributed by atoms with Crippen molar-refractivity contribution in [2.24, 2.45) is 11.3 Å². The number of amides is 1. The Bertz CT molecular complexity index is 291. The molecule has 1 rings (SSSR count). The number of carbonyl (C=O) groups is 2. The van der Waals surface area contributed by atoms with E-state index < -0.39 is 11.4 Å². The molecule has 0 aromatic rings. The Kier molecular flexibility index (Phi) is 4.54. The van der Waals surface area contributed by atoms with Crippen molar-refractivity contribution in [1.29, 1.82) is 0 Å². The smallest absolute Gasteiger partial charge is 0.309 e. The van der Waals surface area contributed by atoms with Gasteiger partial charge < -0.3 is 10.0 Å². The SMILES string of the molecule is CC(C)CCC(=O)N1CCC(C)(C(=O)O)CC1. The van der Waals surface area contributed by atoms with Gasteiger partial charge in [-0.25, -0.2) is 0 Å². The van der Waals surface area contributed by atoms with Crippen molar-refractivity contribution in [3.8, 4) is 0 Å². The molecular formula is C13H23NO3. The molecule has 1 amide bonds. The number of carboxylic acids is 1. The van der Waals surface area contributed by atoms with Crippen LogP contribution in [0.15, 0.2) is 0 Å². The molecule has 4 heteroatoms. The molecule has 1 aliphatic rings. The molecule has 0 saturated carbocycles. The molecule has 17 heavy (non-hydrogen) atoms. The summed E-state index contributed by atoms with van der Waals surface area (Å²) in [6, 6.07) is 0. The van der Waals surface area contributed by atoms with Crippen LogP contribution in [0, 0.1) is 11.3 Å². The van der Waals surface area contributed by atoms with Gasteiger partial charge >= 0.3 is 5.97 Å². The molecule has 0 aromatic heterocycles. The summed E-state index contributed by atoms with van der Waals surface area (Å²) in [5, 5.41) is 9.10. The third-order valence-corrected chi connectivity index (χ3v) is 3.67. The number of hydrogen-bond acceptors (Lipinski definition) is 2. The highest BCUT2D eigenvalue weighted by atomic mass is 16.4. The Morgan fingerprint density at radius 2 is 1.82 bits per heavy atom. The molecule has 0 radical (unpaired) electrons. The van der Waals surface area contributed by atoms with Gasteiger partial charge in [0.05, 0.1) is 5.41 Å². The van der Waals surface area contributed by atoms with Crippen LogP contribution in [-0.4, -0.2) is 35.0 Å². The zero-order valence-corrected chi connectivity index (χ0v) is 11.0. The minimum atomic E-state index is -0.744. The molecule has 1 saturated heterocycles. The van der Waals surface area contributed by atoms with Gasteiger partial charge in [-0.3, -0.25) is 9.59 Å². The first-order chi connectivity index (χ1) is 7.85. The third kappa shape index (κ3) is 3.72. The van der Waals surface area contributed by atoms with Crippen molar-refractivity contribution in [3.05, 3.63) is 0 Å². The molecule has 0 aromatic carbocycles. The van der Waals surface area contributed by atoms with E-state index >= 15 is 0 Å². The maximum atomic E-state index is 11.9. The highest BCUT2D eigenvalue weighted by Gasteiger charge is 2.37. The van der Waals surface area contributed by atoms with Gasteiger partial charge in [0.25, 0.3) is 0 Å². The number of hydrogen-bond donors (Lipinski definition) is 1. The highest BCUT2D eigenvalue weighted by molar-refractivity contribution is 5.78. The molecule has 1 fully saturated rings. The van der Waals surface area contributed by atoms with Gasteiger partial charge in [0.1, 0.15) is 0 Å². The molecule has 1 N–H and O–H groups in total. The van der Waals surface area contributed by atoms with Crippen molar-refractivity contribution < 1.29 is 14.7 Å². The minimum absolute atomic E-state index is 0.172. The van der Waals surface area contributed by atoms with Crippen LogP contribution in [0.25, 0.3) is 0 Å². The Morgan fingerprint density at radius 3 is 2.24 bits per heavy atom. The summed E-state index contributed by atoms with van der Waals surface area (Å²) in [6.07, 6.45) is 2.62. The fourth-order valence-electron chi connectivity index (χ4n) is 2.03. The standard InChI is InChI=1S/C13H23NO3/c1-10(2)4-5-11(15)14-8-6-13(3,7-9-14)12(16)17/h10H,4-9H2,1-3H3,(H,16,17). The third-order valence-electron chi connectivity index (χ3n) is 3.67. The molecule has 1 heterocycles. The number of piperidine rings is 1. The predicted octanol–water partition coefficient (Wildman–Crippen LogP) is 2.14. The number of likely N-dealkylation sites (tertiary alicyclic amines) is 1. The van der Waals surface area contributed by atoms with Crippen LogP contribution < -0.4 is 0 Å². The van der Waals surface area contributed by atoms with Crippen LogP contribution in [0.4, 0.5) is 0 Å². The van der Waals surface area contributed by atoms with Gasteiger partial charge in [0.2, 0.25) is 5.91 Å². The van der Waals surface area contributed by atoms with E-state index in [9.17, 15) is 9.59 Å². The lowest BCUT2D eigenvalue weighted by Crippen LogP contribution is -2.45. The number of carboxylic acid groups (broad SMARTS) is 1. The summed E-state index contributed by atoms with van der Waals surface area (Å²) in [5.74, 6) is -0.0362. The van der Waals surface area contributed by atoms with Crippen LogP contribution in [0.1, 0.15) is 46.5 Å². The zero-order chi connectivity index (χ0) is 13.1. The summed E-state index contributed by atoms with van der Waals surface area (Å²) < 4.78 is 0. The van der Waals surface area contributed by atoms with E-state index in [0.717, 1.165) is 6.42 Å². The number of rotatable bonds is 4. The summed E-state index contributed by atoms with van der Waals surface area (Å²) in [7, 11) is 0. The topological polar surface area (TPSA) is 57.6 Å². The zero-order valence-electron chi connectivity index (χ0n) is 11.0. The molecule has 0 bridgehead atoms. The minimum Gasteiger partial charge on any atom is -0.481 e. The summed E-state index contributed by atoms with van der Waals surface area (Å²) in [4.78, 5) is 24.7. The largest absolute Gasteiger partial charge is 0.481 e. The lowest BCUT2D eigenvalue weighted by molar-refractivity contribution is -0.153. The Balaban J connectivity index is 2.41. The Morgan fingerprint density at radius 1 is 1.29 bits per heavy atom. The van der Waals surface area contributed by atoms with E-state index in [2.05, 4.69) is 13.8 Å². The quantitative estimate of drug-likeness (QED) is 0.820. The van der Waals surface area contributed by atoms with E-state index in [4.69, 9.17) is 5.11 Å². The predicted molar refractivity (Wildman–Crippen MR) is 65.6 cm³/mol. The van der Waals surface area contributed by atoms with Gasteiger partial charge in [0.15, 0.2) is 0 Å². The van der Waals surface area contributed by atoms with E-state index in [-0.39, 0.29) is 5.91 Å². The fraction of sp³-hybridized carbons (Fsp3) is 0.846. The number of carbonyl (C=O) groups excluding carboxylic acids is 1. The first-order valence-corrected chi connectivity index (χ1v) is 6.36. The summed E-state index contributed by atoms with van der Waals surface area (Å²) >= 11 is 0. The second-order valence-corrected chi connectivity index (χ2v) is 5.68. The van der Waals surface area contributed by atoms with E-state index in [0.29, 0.717) is 38.3 Å². The monoisotopic (exact) mass is 241 g/mol. The van der Waals surface area contributed by atoms with Gasteiger partial charge in [-0.2, -0.15) is 0 Å². The Hall–Kier alpha value is -1.06. The maximum Gasteiger partial charge on any atom is 0.309 e. The lowest BCUT2D eigenvalue weighted by Gasteiger charge is -2.36. The first-order valence-electron chi connectivity index (χ1n) is 6.36. The summed E-state index contributed by atoms with van der Waals surface area (Å²) in [6.45, 7) is 7.14. The van der Waals surface area contributed by atoms with Gasteiger partial charge in [0, 0.05) is 19.5 Å². The average molecular weight is 241 g/mol. The number of nitrogens with zero attached hydrogens (tertiary/aromatic N) is 1. The summed E-state index contributed by atoms with van der Waals surface area (Å²) in [5.41, 5.74) is -0.644. The normalized spacial score (nSPS) is 19.4. The maximum absolute atomic E-state index is 11.9. The second-order valence-electron chi connectivity index (χ2n) is 5.68. The van der Waals surface area contributed by atoms with Crippen molar-refractivity contribution in [2.75, 3.05) is 13.1 Å². The van der Waals surface area contributed by atoms with Crippen molar-refractivity contribution in [2.45, 2.75) is 46.5 Å². The molecule has 1 aliphatic heterocycles. The lowest BCUT2D eigenvalue weighted by atomic mass is 9.80. The molecule has 0 aliphatic carbocycles. The Labute approximate surface area is 103 Å². The van der Waals surface area contributed by atoms with E-state index in [1.807, 2.05) is 4.90 Å². The van der Waals surface area contributed by atoms with Crippen molar-refractivity contribution >= 4 is 11.9 Å². The van der Waals surface area contributed by atoms with Crippen molar-refractivity contribution in [3.63, 3.8) is 0 Å². The van der Waals surface area contributed by atoms with Crippen LogP contribution in [0.2, 0.25) is 0 Å². The van der Waals surface area contributed by atoms with Crippen LogP contribution >= 0.6 is 0 Å². The fourth-order valence-corrected chi connectivity index (χ4v) is 2.03.